The van der Waals surface area contributed by atoms with Crippen LogP contribution in [0.15, 0.2) is 42.5 Å². The molecule has 2 aromatic carbocycles. The number of hydrogen-bond acceptors (Lipinski definition) is 1. The van der Waals surface area contributed by atoms with E-state index in [0.717, 1.165) is 10.9 Å². The van der Waals surface area contributed by atoms with Gasteiger partial charge in [0.15, 0.2) is 0 Å². The lowest BCUT2D eigenvalue weighted by Gasteiger charge is -2.07. The van der Waals surface area contributed by atoms with E-state index < -0.39 is 0 Å². The zero-order valence-corrected chi connectivity index (χ0v) is 9.94. The first-order valence-electron chi connectivity index (χ1n) is 5.04. The highest BCUT2D eigenvalue weighted by Crippen LogP contribution is 2.19. The SMILES string of the molecule is Nc1cccc(F)c1Cc1cccc(P)c1. The van der Waals surface area contributed by atoms with Gasteiger partial charge < -0.3 is 5.73 Å². The minimum atomic E-state index is -0.242. The number of hydrogen-bond donors (Lipinski definition) is 1. The number of nitrogen functional groups attached to an aromatic ring is 1. The summed E-state index contributed by atoms with van der Waals surface area (Å²) < 4.78 is 13.6. The molecule has 1 unspecified atom stereocenters. The minimum Gasteiger partial charge on any atom is -0.398 e. The molecule has 2 rings (SSSR count). The van der Waals surface area contributed by atoms with Gasteiger partial charge in [-0.05, 0) is 23.0 Å². The van der Waals surface area contributed by atoms with Gasteiger partial charge in [0, 0.05) is 17.7 Å². The molecule has 1 nitrogen and oxygen atoms in total. The molecule has 0 aliphatic heterocycles. The van der Waals surface area contributed by atoms with Crippen LogP contribution in [-0.2, 0) is 6.42 Å². The Morgan fingerprint density at radius 1 is 1.12 bits per heavy atom. The fourth-order valence-corrected chi connectivity index (χ4v) is 1.99. The molecule has 0 aliphatic rings. The van der Waals surface area contributed by atoms with Gasteiger partial charge in [0.2, 0.25) is 0 Å². The normalized spacial score (nSPS) is 10.4. The van der Waals surface area contributed by atoms with Gasteiger partial charge in [-0.25, -0.2) is 4.39 Å². The number of halogens is 1. The molecule has 2 N–H and O–H groups in total. The molecule has 0 aromatic heterocycles. The fourth-order valence-electron chi connectivity index (χ4n) is 1.67. The van der Waals surface area contributed by atoms with E-state index in [2.05, 4.69) is 9.24 Å². The molecule has 0 fully saturated rings. The van der Waals surface area contributed by atoms with Crippen molar-refractivity contribution in [2.24, 2.45) is 0 Å². The van der Waals surface area contributed by atoms with Gasteiger partial charge in [0.25, 0.3) is 0 Å². The Balaban J connectivity index is 2.34. The van der Waals surface area contributed by atoms with Crippen LogP contribution in [0.2, 0.25) is 0 Å². The summed E-state index contributed by atoms with van der Waals surface area (Å²) in [6.07, 6.45) is 0.529. The Morgan fingerprint density at radius 2 is 1.88 bits per heavy atom. The Labute approximate surface area is 96.7 Å². The standard InChI is InChI=1S/C13H13FNP/c14-12-5-2-6-13(15)11(12)8-9-3-1-4-10(16)7-9/h1-7H,8,15-16H2. The summed E-state index contributed by atoms with van der Waals surface area (Å²) in [5.74, 6) is -0.242. The first-order valence-corrected chi connectivity index (χ1v) is 5.62. The Hall–Kier alpha value is -1.40. The van der Waals surface area contributed by atoms with Crippen molar-refractivity contribution in [1.29, 1.82) is 0 Å². The number of rotatable bonds is 2. The number of nitrogens with two attached hydrogens (primary N) is 1. The highest BCUT2D eigenvalue weighted by atomic mass is 31.0. The molecule has 0 heterocycles. The van der Waals surface area contributed by atoms with Crippen LogP contribution in [0.1, 0.15) is 11.1 Å². The van der Waals surface area contributed by atoms with E-state index in [1.54, 1.807) is 12.1 Å². The van der Waals surface area contributed by atoms with Crippen molar-refractivity contribution < 1.29 is 4.39 Å². The van der Waals surface area contributed by atoms with Crippen molar-refractivity contribution >= 4 is 20.2 Å². The molecule has 1 atom stereocenters. The maximum atomic E-state index is 13.6. The van der Waals surface area contributed by atoms with Gasteiger partial charge >= 0.3 is 0 Å². The van der Waals surface area contributed by atoms with Gasteiger partial charge in [0.05, 0.1) is 0 Å². The van der Waals surface area contributed by atoms with Crippen LogP contribution in [-0.4, -0.2) is 0 Å². The maximum Gasteiger partial charge on any atom is 0.128 e. The summed E-state index contributed by atoms with van der Waals surface area (Å²) in [6, 6.07) is 12.7. The number of benzene rings is 2. The van der Waals surface area contributed by atoms with Crippen LogP contribution in [0.5, 0.6) is 0 Å². The van der Waals surface area contributed by atoms with Gasteiger partial charge in [-0.15, -0.1) is 9.24 Å². The smallest absolute Gasteiger partial charge is 0.128 e. The molecule has 2 aromatic rings. The average molecular weight is 233 g/mol. The molecule has 0 spiro atoms. The summed E-state index contributed by atoms with van der Waals surface area (Å²) in [4.78, 5) is 0. The van der Waals surface area contributed by atoms with E-state index in [0.29, 0.717) is 17.7 Å². The Bertz CT molecular complexity index is 491. The highest BCUT2D eigenvalue weighted by molar-refractivity contribution is 7.27. The van der Waals surface area contributed by atoms with Gasteiger partial charge in [-0.3, -0.25) is 0 Å². The predicted molar refractivity (Wildman–Crippen MR) is 69.4 cm³/mol. The molecule has 0 bridgehead atoms. The van der Waals surface area contributed by atoms with E-state index in [4.69, 9.17) is 5.73 Å². The Kier molecular flexibility index (Phi) is 3.21. The first kappa shape index (κ1) is 11.1. The largest absolute Gasteiger partial charge is 0.398 e. The molecule has 3 heteroatoms. The quantitative estimate of drug-likeness (QED) is 0.626. The summed E-state index contributed by atoms with van der Waals surface area (Å²) in [7, 11) is 2.63. The van der Waals surface area contributed by atoms with Crippen molar-refractivity contribution in [1.82, 2.24) is 0 Å². The summed E-state index contributed by atoms with van der Waals surface area (Å²) in [5.41, 5.74) is 7.90. The maximum absolute atomic E-state index is 13.6. The summed E-state index contributed by atoms with van der Waals surface area (Å²) in [5, 5.41) is 1.09. The van der Waals surface area contributed by atoms with Crippen LogP contribution in [0, 0.1) is 5.82 Å². The van der Waals surface area contributed by atoms with Crippen molar-refractivity contribution in [3.8, 4) is 0 Å². The van der Waals surface area contributed by atoms with Crippen molar-refractivity contribution in [2.45, 2.75) is 6.42 Å². The second-order valence-electron chi connectivity index (χ2n) is 3.73. The van der Waals surface area contributed by atoms with E-state index in [-0.39, 0.29) is 5.82 Å². The number of anilines is 1. The van der Waals surface area contributed by atoms with Gasteiger partial charge in [-0.2, -0.15) is 0 Å². The zero-order chi connectivity index (χ0) is 11.5. The van der Waals surface area contributed by atoms with Gasteiger partial charge in [-0.1, -0.05) is 30.3 Å². The molecule has 0 aliphatic carbocycles. The summed E-state index contributed by atoms with van der Waals surface area (Å²) in [6.45, 7) is 0. The topological polar surface area (TPSA) is 26.0 Å². The van der Waals surface area contributed by atoms with Crippen LogP contribution in [0.25, 0.3) is 0 Å². The first-order chi connectivity index (χ1) is 7.66. The molecule has 0 radical (unpaired) electrons. The third kappa shape index (κ3) is 2.40. The van der Waals surface area contributed by atoms with E-state index >= 15 is 0 Å². The van der Waals surface area contributed by atoms with E-state index in [1.165, 1.54) is 6.07 Å². The molecule has 0 saturated heterocycles. The molecule has 0 saturated carbocycles. The molecule has 82 valence electrons. The molecule has 0 amide bonds. The van der Waals surface area contributed by atoms with Crippen molar-refractivity contribution in [2.75, 3.05) is 5.73 Å². The van der Waals surface area contributed by atoms with Crippen LogP contribution < -0.4 is 11.0 Å². The van der Waals surface area contributed by atoms with Crippen LogP contribution >= 0.6 is 9.24 Å². The fraction of sp³-hybridized carbons (Fsp3) is 0.0769. The van der Waals surface area contributed by atoms with E-state index in [1.807, 2.05) is 24.3 Å². The van der Waals surface area contributed by atoms with E-state index in [9.17, 15) is 4.39 Å². The van der Waals surface area contributed by atoms with Crippen LogP contribution in [0.3, 0.4) is 0 Å². The second kappa shape index (κ2) is 4.63. The predicted octanol–water partition coefficient (Wildman–Crippen LogP) is 2.50. The lowest BCUT2D eigenvalue weighted by atomic mass is 10.0. The second-order valence-corrected chi connectivity index (χ2v) is 4.40. The summed E-state index contributed by atoms with van der Waals surface area (Å²) >= 11 is 0. The monoisotopic (exact) mass is 233 g/mol. The van der Waals surface area contributed by atoms with Crippen molar-refractivity contribution in [3.63, 3.8) is 0 Å². The van der Waals surface area contributed by atoms with Gasteiger partial charge in [0.1, 0.15) is 5.82 Å². The molecular weight excluding hydrogens is 220 g/mol. The third-order valence-corrected chi connectivity index (χ3v) is 2.85. The third-order valence-electron chi connectivity index (χ3n) is 2.49. The Morgan fingerprint density at radius 3 is 2.56 bits per heavy atom. The zero-order valence-electron chi connectivity index (χ0n) is 8.78. The lowest BCUT2D eigenvalue weighted by Crippen LogP contribution is -2.01. The molecule has 16 heavy (non-hydrogen) atoms. The van der Waals surface area contributed by atoms with Crippen LogP contribution in [0.4, 0.5) is 10.1 Å². The van der Waals surface area contributed by atoms with Crippen molar-refractivity contribution in [3.05, 3.63) is 59.4 Å². The lowest BCUT2D eigenvalue weighted by molar-refractivity contribution is 0.615. The molecular formula is C13H13FNP. The average Bonchev–Trinajstić information content (AvgIpc) is 2.24. The minimum absolute atomic E-state index is 0.242. The highest BCUT2D eigenvalue weighted by Gasteiger charge is 2.06.